The van der Waals surface area contributed by atoms with Gasteiger partial charge in [-0.2, -0.15) is 0 Å². The Morgan fingerprint density at radius 2 is 2.05 bits per heavy atom. The molecule has 1 unspecified atom stereocenters. The minimum absolute atomic E-state index is 0.0227. The lowest BCUT2D eigenvalue weighted by molar-refractivity contribution is 0.705. The smallest absolute Gasteiger partial charge is 0.109 e. The van der Waals surface area contributed by atoms with Crippen LogP contribution in [-0.4, -0.2) is 11.5 Å². The van der Waals surface area contributed by atoms with Gasteiger partial charge in [0, 0.05) is 17.6 Å². The molecule has 1 heterocycles. The lowest BCUT2D eigenvalue weighted by Gasteiger charge is -2.23. The van der Waals surface area contributed by atoms with Gasteiger partial charge in [-0.1, -0.05) is 31.5 Å². The fourth-order valence-electron chi connectivity index (χ4n) is 2.09. The summed E-state index contributed by atoms with van der Waals surface area (Å²) in [5.74, 6) is 0. The van der Waals surface area contributed by atoms with Gasteiger partial charge in [0.2, 0.25) is 0 Å². The summed E-state index contributed by atoms with van der Waals surface area (Å²) in [5.41, 5.74) is 8.26. The minimum atomic E-state index is 0.0227. The number of nitrogens with zero attached hydrogens (tertiary/aromatic N) is 2. The Balaban J connectivity index is 2.10. The number of rotatable bonds is 7. The molecule has 0 aliphatic rings. The van der Waals surface area contributed by atoms with Gasteiger partial charge in [-0.15, -0.1) is 11.3 Å². The van der Waals surface area contributed by atoms with Gasteiger partial charge in [0.15, 0.2) is 0 Å². The van der Waals surface area contributed by atoms with Crippen molar-refractivity contribution >= 4 is 17.0 Å². The second-order valence-corrected chi connectivity index (χ2v) is 5.97. The SMILES string of the molecule is CCCCN(Cc1csc(C(C)N)n1)c1ccccc1. The predicted molar refractivity (Wildman–Crippen MR) is 87.1 cm³/mol. The highest BCUT2D eigenvalue weighted by Gasteiger charge is 2.11. The predicted octanol–water partition coefficient (Wildman–Crippen LogP) is 3.97. The third-order valence-electron chi connectivity index (χ3n) is 3.21. The van der Waals surface area contributed by atoms with Crippen LogP contribution in [0.25, 0.3) is 0 Å². The van der Waals surface area contributed by atoms with Crippen LogP contribution in [0.15, 0.2) is 35.7 Å². The second kappa shape index (κ2) is 7.41. The average Bonchev–Trinajstić information content (AvgIpc) is 2.93. The zero-order chi connectivity index (χ0) is 14.4. The summed E-state index contributed by atoms with van der Waals surface area (Å²) >= 11 is 1.66. The Hall–Kier alpha value is -1.39. The van der Waals surface area contributed by atoms with E-state index in [4.69, 9.17) is 5.73 Å². The minimum Gasteiger partial charge on any atom is -0.366 e. The Morgan fingerprint density at radius 1 is 1.30 bits per heavy atom. The maximum absolute atomic E-state index is 5.88. The topological polar surface area (TPSA) is 42.1 Å². The van der Waals surface area contributed by atoms with Crippen molar-refractivity contribution in [1.82, 2.24) is 4.98 Å². The molecular weight excluding hydrogens is 266 g/mol. The maximum Gasteiger partial charge on any atom is 0.109 e. The number of nitrogens with two attached hydrogens (primary N) is 1. The van der Waals surface area contributed by atoms with Gasteiger partial charge in [-0.25, -0.2) is 4.98 Å². The lowest BCUT2D eigenvalue weighted by Crippen LogP contribution is -2.24. The van der Waals surface area contributed by atoms with Crippen LogP contribution in [0.3, 0.4) is 0 Å². The van der Waals surface area contributed by atoms with E-state index >= 15 is 0 Å². The summed E-state index contributed by atoms with van der Waals surface area (Å²) in [7, 11) is 0. The van der Waals surface area contributed by atoms with E-state index < -0.39 is 0 Å². The number of para-hydroxylation sites is 1. The number of aromatic nitrogens is 1. The molecule has 0 aliphatic carbocycles. The second-order valence-electron chi connectivity index (χ2n) is 5.08. The van der Waals surface area contributed by atoms with Crippen LogP contribution in [0, 0.1) is 0 Å². The molecule has 108 valence electrons. The molecular formula is C16H23N3S. The van der Waals surface area contributed by atoms with E-state index in [0.29, 0.717) is 0 Å². The van der Waals surface area contributed by atoms with Crippen LogP contribution < -0.4 is 10.6 Å². The van der Waals surface area contributed by atoms with Crippen LogP contribution in [0.4, 0.5) is 5.69 Å². The third kappa shape index (κ3) is 4.05. The van der Waals surface area contributed by atoms with Gasteiger partial charge < -0.3 is 10.6 Å². The molecule has 1 aromatic heterocycles. The fraction of sp³-hybridized carbons (Fsp3) is 0.438. The third-order valence-corrected chi connectivity index (χ3v) is 4.31. The van der Waals surface area contributed by atoms with Crippen molar-refractivity contribution < 1.29 is 0 Å². The van der Waals surface area contributed by atoms with E-state index in [-0.39, 0.29) is 6.04 Å². The van der Waals surface area contributed by atoms with Crippen LogP contribution in [-0.2, 0) is 6.54 Å². The molecule has 0 aliphatic heterocycles. The highest BCUT2D eigenvalue weighted by molar-refractivity contribution is 7.09. The van der Waals surface area contributed by atoms with Crippen molar-refractivity contribution in [3.63, 3.8) is 0 Å². The fourth-order valence-corrected chi connectivity index (χ4v) is 2.86. The Bertz CT molecular complexity index is 507. The largest absolute Gasteiger partial charge is 0.366 e. The van der Waals surface area contributed by atoms with E-state index in [1.165, 1.54) is 18.5 Å². The summed E-state index contributed by atoms with van der Waals surface area (Å²) in [6.45, 7) is 6.12. The van der Waals surface area contributed by atoms with Gasteiger partial charge in [-0.05, 0) is 25.5 Å². The monoisotopic (exact) mass is 289 g/mol. The number of benzene rings is 1. The first-order valence-electron chi connectivity index (χ1n) is 7.20. The molecule has 0 fully saturated rings. The van der Waals surface area contributed by atoms with Crippen LogP contribution in [0.5, 0.6) is 0 Å². The van der Waals surface area contributed by atoms with E-state index in [1.54, 1.807) is 11.3 Å². The number of hydrogen-bond donors (Lipinski definition) is 1. The van der Waals surface area contributed by atoms with Crippen molar-refractivity contribution in [1.29, 1.82) is 0 Å². The summed E-state index contributed by atoms with van der Waals surface area (Å²) in [4.78, 5) is 7.03. The van der Waals surface area contributed by atoms with Gasteiger partial charge >= 0.3 is 0 Å². The van der Waals surface area contributed by atoms with E-state index in [9.17, 15) is 0 Å². The molecule has 1 atom stereocenters. The van der Waals surface area contributed by atoms with Gasteiger partial charge in [-0.3, -0.25) is 0 Å². The highest BCUT2D eigenvalue weighted by Crippen LogP contribution is 2.21. The molecule has 3 nitrogen and oxygen atoms in total. The maximum atomic E-state index is 5.88. The molecule has 2 rings (SSSR count). The van der Waals surface area contributed by atoms with Crippen molar-refractivity contribution in [2.45, 2.75) is 39.3 Å². The number of anilines is 1. The molecule has 0 spiro atoms. The first kappa shape index (κ1) is 15.0. The van der Waals surface area contributed by atoms with E-state index in [2.05, 4.69) is 52.5 Å². The van der Waals surface area contributed by atoms with Gasteiger partial charge in [0.25, 0.3) is 0 Å². The van der Waals surface area contributed by atoms with Crippen molar-refractivity contribution in [3.8, 4) is 0 Å². The van der Waals surface area contributed by atoms with E-state index in [1.807, 2.05) is 6.92 Å². The molecule has 0 saturated heterocycles. The Kier molecular flexibility index (Phi) is 5.56. The number of thiazole rings is 1. The first-order valence-corrected chi connectivity index (χ1v) is 8.08. The first-order chi connectivity index (χ1) is 9.70. The molecule has 0 saturated carbocycles. The van der Waals surface area contributed by atoms with Crippen LogP contribution >= 0.6 is 11.3 Å². The molecule has 1 aromatic carbocycles. The Labute approximate surface area is 125 Å². The molecule has 0 amide bonds. The van der Waals surface area contributed by atoms with Gasteiger partial charge in [0.05, 0.1) is 18.3 Å². The van der Waals surface area contributed by atoms with E-state index in [0.717, 1.165) is 23.8 Å². The lowest BCUT2D eigenvalue weighted by atomic mass is 10.2. The standard InChI is InChI=1S/C16H23N3S/c1-3-4-10-19(15-8-6-5-7-9-15)11-14-12-20-16(18-14)13(2)17/h5-9,12-13H,3-4,10-11,17H2,1-2H3. The van der Waals surface area contributed by atoms with Crippen molar-refractivity contribution in [2.75, 3.05) is 11.4 Å². The quantitative estimate of drug-likeness (QED) is 0.838. The Morgan fingerprint density at radius 3 is 2.65 bits per heavy atom. The summed E-state index contributed by atoms with van der Waals surface area (Å²) in [5, 5.41) is 3.14. The number of hydrogen-bond acceptors (Lipinski definition) is 4. The highest BCUT2D eigenvalue weighted by atomic mass is 32.1. The summed E-state index contributed by atoms with van der Waals surface area (Å²) in [6, 6.07) is 10.6. The molecule has 0 bridgehead atoms. The molecule has 4 heteroatoms. The molecule has 0 radical (unpaired) electrons. The van der Waals surface area contributed by atoms with Crippen molar-refractivity contribution in [3.05, 3.63) is 46.4 Å². The van der Waals surface area contributed by atoms with Crippen molar-refractivity contribution in [2.24, 2.45) is 5.73 Å². The normalized spacial score (nSPS) is 12.3. The molecule has 2 aromatic rings. The zero-order valence-corrected chi connectivity index (χ0v) is 13.1. The number of unbranched alkanes of at least 4 members (excludes halogenated alkanes) is 1. The van der Waals surface area contributed by atoms with Crippen LogP contribution in [0.1, 0.15) is 43.4 Å². The zero-order valence-electron chi connectivity index (χ0n) is 12.2. The van der Waals surface area contributed by atoms with Crippen LogP contribution in [0.2, 0.25) is 0 Å². The van der Waals surface area contributed by atoms with Gasteiger partial charge in [0.1, 0.15) is 5.01 Å². The summed E-state index contributed by atoms with van der Waals surface area (Å²) < 4.78 is 0. The summed E-state index contributed by atoms with van der Waals surface area (Å²) in [6.07, 6.45) is 2.39. The molecule has 20 heavy (non-hydrogen) atoms. The average molecular weight is 289 g/mol. The molecule has 2 N–H and O–H groups in total.